The van der Waals surface area contributed by atoms with E-state index in [-0.39, 0.29) is 0 Å². The molecule has 21 heavy (non-hydrogen) atoms. The average Bonchev–Trinajstić information content (AvgIpc) is 2.79. The molecule has 3 unspecified atom stereocenters. The molecule has 1 aliphatic rings. The van der Waals surface area contributed by atoms with Crippen LogP contribution < -0.4 is 0 Å². The molecule has 0 aromatic carbocycles. The zero-order chi connectivity index (χ0) is 15.0. The van der Waals surface area contributed by atoms with Crippen LogP contribution in [-0.4, -0.2) is 20.4 Å². The normalized spacial score (nSPS) is 26.4. The van der Waals surface area contributed by atoms with E-state index in [0.29, 0.717) is 17.8 Å². The van der Waals surface area contributed by atoms with Crippen LogP contribution >= 0.6 is 11.6 Å². The first kappa shape index (κ1) is 14.8. The van der Waals surface area contributed by atoms with Gasteiger partial charge in [0.1, 0.15) is 11.3 Å². The van der Waals surface area contributed by atoms with E-state index >= 15 is 0 Å². The first-order valence-electron chi connectivity index (χ1n) is 8.01. The molecule has 4 heteroatoms. The highest BCUT2D eigenvalue weighted by molar-refractivity contribution is 6.17. The van der Waals surface area contributed by atoms with E-state index in [1.807, 2.05) is 6.20 Å². The Bertz CT molecular complexity index is 634. The molecule has 0 radical (unpaired) electrons. The zero-order valence-corrected chi connectivity index (χ0v) is 13.9. The maximum Gasteiger partial charge on any atom is 0.160 e. The van der Waals surface area contributed by atoms with Crippen LogP contribution in [0.15, 0.2) is 12.3 Å². The minimum absolute atomic E-state index is 0.507. The number of nitrogens with zero attached hydrogens (tertiary/aromatic N) is 3. The fraction of sp³-hybridized carbons (Fsp3) is 0.647. The lowest BCUT2D eigenvalue weighted by Gasteiger charge is -2.35. The summed E-state index contributed by atoms with van der Waals surface area (Å²) < 4.78 is 2.39. The lowest BCUT2D eigenvalue weighted by Crippen LogP contribution is -2.28. The van der Waals surface area contributed by atoms with Crippen molar-refractivity contribution >= 4 is 22.8 Å². The molecule has 114 valence electrons. The summed E-state index contributed by atoms with van der Waals surface area (Å²) in [5.41, 5.74) is 3.21. The Labute approximate surface area is 131 Å². The van der Waals surface area contributed by atoms with Crippen LogP contribution in [0.1, 0.15) is 50.5 Å². The van der Waals surface area contributed by atoms with E-state index < -0.39 is 0 Å². The quantitative estimate of drug-likeness (QED) is 0.781. The lowest BCUT2D eigenvalue weighted by molar-refractivity contribution is 0.186. The minimum atomic E-state index is 0.507. The van der Waals surface area contributed by atoms with Crippen molar-refractivity contribution in [3.63, 3.8) is 0 Å². The van der Waals surface area contributed by atoms with Gasteiger partial charge in [-0.3, -0.25) is 0 Å². The number of pyridine rings is 1. The van der Waals surface area contributed by atoms with Crippen LogP contribution in [0, 0.1) is 18.8 Å². The molecule has 2 aromatic rings. The largest absolute Gasteiger partial charge is 0.309 e. The summed E-state index contributed by atoms with van der Waals surface area (Å²) >= 11 is 6.00. The molecule has 1 aliphatic carbocycles. The highest BCUT2D eigenvalue weighted by atomic mass is 35.5. The molecule has 3 nitrogen and oxygen atoms in total. The van der Waals surface area contributed by atoms with Crippen LogP contribution in [0.4, 0.5) is 0 Å². The summed E-state index contributed by atoms with van der Waals surface area (Å²) in [7, 11) is 0. The van der Waals surface area contributed by atoms with E-state index in [1.54, 1.807) is 0 Å². The van der Waals surface area contributed by atoms with Crippen molar-refractivity contribution in [2.45, 2.75) is 52.5 Å². The van der Waals surface area contributed by atoms with Crippen molar-refractivity contribution in [2.75, 3.05) is 5.88 Å². The van der Waals surface area contributed by atoms with Crippen LogP contribution in [-0.2, 0) is 6.42 Å². The third kappa shape index (κ3) is 2.68. The molecule has 0 N–H and O–H groups in total. The van der Waals surface area contributed by atoms with Crippen molar-refractivity contribution < 1.29 is 0 Å². The van der Waals surface area contributed by atoms with Crippen molar-refractivity contribution in [3.05, 3.63) is 23.7 Å². The summed E-state index contributed by atoms with van der Waals surface area (Å²) in [6.07, 6.45) is 6.61. The second kappa shape index (κ2) is 5.96. The Kier molecular flexibility index (Phi) is 4.21. The third-order valence-corrected chi connectivity index (χ3v) is 5.24. The van der Waals surface area contributed by atoms with Crippen LogP contribution in [0.25, 0.3) is 11.2 Å². The summed E-state index contributed by atoms with van der Waals surface area (Å²) in [6, 6.07) is 2.64. The van der Waals surface area contributed by atoms with Gasteiger partial charge in [0.25, 0.3) is 0 Å². The molecular weight excluding hydrogens is 282 g/mol. The van der Waals surface area contributed by atoms with Gasteiger partial charge in [-0.05, 0) is 36.8 Å². The predicted molar refractivity (Wildman–Crippen MR) is 87.9 cm³/mol. The van der Waals surface area contributed by atoms with E-state index in [4.69, 9.17) is 16.6 Å². The molecule has 1 saturated carbocycles. The molecule has 1 fully saturated rings. The fourth-order valence-electron chi connectivity index (χ4n) is 3.66. The van der Waals surface area contributed by atoms with Crippen LogP contribution in [0.2, 0.25) is 0 Å². The molecule has 3 atom stereocenters. The number of halogens is 1. The fourth-order valence-corrected chi connectivity index (χ4v) is 3.83. The molecule has 0 spiro atoms. The molecule has 2 aromatic heterocycles. The number of imidazole rings is 1. The Morgan fingerprint density at radius 2 is 2.14 bits per heavy atom. The summed E-state index contributed by atoms with van der Waals surface area (Å²) in [4.78, 5) is 9.49. The van der Waals surface area contributed by atoms with Crippen molar-refractivity contribution in [1.82, 2.24) is 14.5 Å². The SMILES string of the molecule is Cc1cnc2c(c1)nc(CCCl)n2C1CCCC(C)C1C. The molecule has 0 saturated heterocycles. The molecule has 0 aliphatic heterocycles. The molecule has 3 rings (SSSR count). The Balaban J connectivity index is 2.12. The van der Waals surface area contributed by atoms with Gasteiger partial charge in [-0.25, -0.2) is 9.97 Å². The van der Waals surface area contributed by atoms with Gasteiger partial charge in [-0.15, -0.1) is 11.6 Å². The Hall–Kier alpha value is -1.09. The van der Waals surface area contributed by atoms with Crippen LogP contribution in [0.3, 0.4) is 0 Å². The van der Waals surface area contributed by atoms with Gasteiger partial charge in [0, 0.05) is 24.5 Å². The van der Waals surface area contributed by atoms with Crippen molar-refractivity contribution in [2.24, 2.45) is 11.8 Å². The van der Waals surface area contributed by atoms with Crippen molar-refractivity contribution in [3.8, 4) is 0 Å². The van der Waals surface area contributed by atoms with E-state index in [0.717, 1.165) is 34.9 Å². The second-order valence-corrected chi connectivity index (χ2v) is 6.91. The highest BCUT2D eigenvalue weighted by Gasteiger charge is 2.31. The number of rotatable bonds is 3. The minimum Gasteiger partial charge on any atom is -0.309 e. The summed E-state index contributed by atoms with van der Waals surface area (Å²) in [5, 5.41) is 0. The van der Waals surface area contributed by atoms with Crippen molar-refractivity contribution in [1.29, 1.82) is 0 Å². The second-order valence-electron chi connectivity index (χ2n) is 6.53. The molecule has 2 heterocycles. The van der Waals surface area contributed by atoms with E-state index in [9.17, 15) is 0 Å². The van der Waals surface area contributed by atoms with E-state index in [2.05, 4.69) is 36.4 Å². The number of aryl methyl sites for hydroxylation is 2. The average molecular weight is 306 g/mol. The number of hydrogen-bond acceptors (Lipinski definition) is 2. The topological polar surface area (TPSA) is 30.7 Å². The highest BCUT2D eigenvalue weighted by Crippen LogP contribution is 2.39. The van der Waals surface area contributed by atoms with Gasteiger partial charge in [-0.2, -0.15) is 0 Å². The zero-order valence-electron chi connectivity index (χ0n) is 13.1. The number of fused-ring (bicyclic) bond motifs is 1. The van der Waals surface area contributed by atoms with Crippen LogP contribution in [0.5, 0.6) is 0 Å². The Morgan fingerprint density at radius 1 is 1.33 bits per heavy atom. The van der Waals surface area contributed by atoms with E-state index in [1.165, 1.54) is 19.3 Å². The summed E-state index contributed by atoms with van der Waals surface area (Å²) in [5.74, 6) is 3.13. The summed E-state index contributed by atoms with van der Waals surface area (Å²) in [6.45, 7) is 6.81. The lowest BCUT2D eigenvalue weighted by atomic mass is 9.78. The Morgan fingerprint density at radius 3 is 2.90 bits per heavy atom. The monoisotopic (exact) mass is 305 g/mol. The first-order chi connectivity index (χ1) is 10.1. The number of aromatic nitrogens is 3. The van der Waals surface area contributed by atoms with Gasteiger partial charge in [0.2, 0.25) is 0 Å². The van der Waals surface area contributed by atoms with Gasteiger partial charge in [-0.1, -0.05) is 26.7 Å². The maximum atomic E-state index is 6.00. The third-order valence-electron chi connectivity index (χ3n) is 5.05. The van der Waals surface area contributed by atoms with Gasteiger partial charge >= 0.3 is 0 Å². The standard InChI is InChI=1S/C17H24ClN3/c1-11-9-14-17(19-10-11)21(16(20-14)7-8-18)15-6-4-5-12(2)13(15)3/h9-10,12-13,15H,4-8H2,1-3H3. The maximum absolute atomic E-state index is 6.00. The van der Waals surface area contributed by atoms with Gasteiger partial charge < -0.3 is 4.57 Å². The molecule has 0 bridgehead atoms. The predicted octanol–water partition coefficient (Wildman–Crippen LogP) is 4.52. The molecule has 0 amide bonds. The number of alkyl halides is 1. The molecular formula is C17H24ClN3. The van der Waals surface area contributed by atoms with Gasteiger partial charge in [0.15, 0.2) is 5.65 Å². The smallest absolute Gasteiger partial charge is 0.160 e. The number of hydrogen-bond donors (Lipinski definition) is 0. The van der Waals surface area contributed by atoms with Gasteiger partial charge in [0.05, 0.1) is 0 Å². The first-order valence-corrected chi connectivity index (χ1v) is 8.54.